The first-order valence-electron chi connectivity index (χ1n) is 14.7. The summed E-state index contributed by atoms with van der Waals surface area (Å²) in [6.07, 6.45) is 1.97. The molecule has 0 aliphatic rings. The summed E-state index contributed by atoms with van der Waals surface area (Å²) < 4.78 is 1.17. The van der Waals surface area contributed by atoms with E-state index in [1.807, 2.05) is 12.3 Å². The number of rotatable bonds is 5. The molecule has 0 N–H and O–H groups in total. The molecule has 0 radical (unpaired) electrons. The van der Waals surface area contributed by atoms with Crippen molar-refractivity contribution < 1.29 is 0 Å². The fourth-order valence-electron chi connectivity index (χ4n) is 5.68. The van der Waals surface area contributed by atoms with Crippen LogP contribution in [-0.2, 0) is 5.41 Å². The number of para-hydroxylation sites is 2. The van der Waals surface area contributed by atoms with Gasteiger partial charge in [0.25, 0.3) is 0 Å². The van der Waals surface area contributed by atoms with Crippen LogP contribution in [0.15, 0.2) is 138 Å². The Labute approximate surface area is 257 Å². The maximum Gasteiger partial charge on any atom is 0.126 e. The molecule has 0 atom stereocenters. The van der Waals surface area contributed by atoms with Gasteiger partial charge in [-0.25, -0.2) is 4.98 Å². The Kier molecular flexibility index (Phi) is 6.96. The highest BCUT2D eigenvalue weighted by Crippen LogP contribution is 2.42. The predicted octanol–water partition coefficient (Wildman–Crippen LogP) is 11.5. The van der Waals surface area contributed by atoms with Crippen molar-refractivity contribution in [1.29, 1.82) is 0 Å². The summed E-state index contributed by atoms with van der Waals surface area (Å²) >= 11 is 1.72. The molecule has 0 saturated heterocycles. The van der Waals surface area contributed by atoms with E-state index in [0.717, 1.165) is 32.9 Å². The third kappa shape index (κ3) is 5.29. The van der Waals surface area contributed by atoms with E-state index in [4.69, 9.17) is 9.98 Å². The molecule has 3 heteroatoms. The molecule has 0 bridgehead atoms. The molecule has 0 fully saturated rings. The van der Waals surface area contributed by atoms with Crippen molar-refractivity contribution in [3.8, 4) is 32.8 Å². The van der Waals surface area contributed by atoms with Gasteiger partial charge in [-0.2, -0.15) is 0 Å². The van der Waals surface area contributed by atoms with Crippen LogP contribution in [0.4, 0.5) is 5.69 Å². The molecule has 0 unspecified atom stereocenters. The van der Waals surface area contributed by atoms with Crippen molar-refractivity contribution >= 4 is 44.2 Å². The molecule has 208 valence electrons. The van der Waals surface area contributed by atoms with Crippen molar-refractivity contribution in [1.82, 2.24) is 4.98 Å². The van der Waals surface area contributed by atoms with Crippen LogP contribution in [0.2, 0.25) is 0 Å². The predicted molar refractivity (Wildman–Crippen MR) is 186 cm³/mol. The average Bonchev–Trinajstić information content (AvgIpc) is 3.48. The van der Waals surface area contributed by atoms with E-state index in [0.29, 0.717) is 0 Å². The zero-order valence-electron chi connectivity index (χ0n) is 24.6. The fourth-order valence-corrected chi connectivity index (χ4v) is 6.71. The molecule has 1 heterocycles. The Morgan fingerprint density at radius 1 is 0.605 bits per heavy atom. The van der Waals surface area contributed by atoms with Crippen LogP contribution in [0.1, 0.15) is 31.9 Å². The van der Waals surface area contributed by atoms with Crippen molar-refractivity contribution in [3.63, 3.8) is 0 Å². The minimum Gasteiger partial charge on any atom is -0.256 e. The normalized spacial score (nSPS) is 12.0. The molecule has 43 heavy (non-hydrogen) atoms. The van der Waals surface area contributed by atoms with Crippen molar-refractivity contribution in [3.05, 3.63) is 145 Å². The van der Waals surface area contributed by atoms with Gasteiger partial charge in [-0.1, -0.05) is 130 Å². The fraction of sp³-hybridized carbons (Fsp3) is 0.100. The molecule has 0 amide bonds. The van der Waals surface area contributed by atoms with Gasteiger partial charge in [0.05, 0.1) is 15.9 Å². The standard InChI is InChI=1S/C40H32N2S/c1-40(2,3)29-16-11-13-27(25-29)26-41-36-21-10-9-19-35(36)39-42-38-34(20-12-22-37(38)43-39)33-24-23-30(28-14-5-4-6-15-28)31-17-7-8-18-32(31)33/h4-26H,1-3H3. The number of benzene rings is 6. The third-order valence-electron chi connectivity index (χ3n) is 7.96. The van der Waals surface area contributed by atoms with Gasteiger partial charge in [-0.3, -0.25) is 4.99 Å². The average molecular weight is 573 g/mol. The van der Waals surface area contributed by atoms with Crippen LogP contribution in [0.5, 0.6) is 0 Å². The number of thiazole rings is 1. The van der Waals surface area contributed by atoms with E-state index >= 15 is 0 Å². The topological polar surface area (TPSA) is 25.2 Å². The molecular weight excluding hydrogens is 541 g/mol. The number of aliphatic imine (C=N–C) groups is 1. The number of fused-ring (bicyclic) bond motifs is 2. The zero-order valence-corrected chi connectivity index (χ0v) is 25.4. The van der Waals surface area contributed by atoms with Gasteiger partial charge in [0.2, 0.25) is 0 Å². The van der Waals surface area contributed by atoms with Gasteiger partial charge in [-0.15, -0.1) is 11.3 Å². The Bertz CT molecular complexity index is 2110. The largest absolute Gasteiger partial charge is 0.256 e. The first-order chi connectivity index (χ1) is 21.0. The van der Waals surface area contributed by atoms with Crippen LogP contribution in [0.3, 0.4) is 0 Å². The molecule has 0 aliphatic carbocycles. The van der Waals surface area contributed by atoms with E-state index in [1.54, 1.807) is 11.3 Å². The number of hydrogen-bond acceptors (Lipinski definition) is 3. The van der Waals surface area contributed by atoms with Gasteiger partial charge in [0, 0.05) is 17.3 Å². The summed E-state index contributed by atoms with van der Waals surface area (Å²) in [5.41, 5.74) is 10.3. The lowest BCUT2D eigenvalue weighted by atomic mass is 9.86. The summed E-state index contributed by atoms with van der Waals surface area (Å²) in [6.45, 7) is 6.71. The van der Waals surface area contributed by atoms with E-state index in [1.165, 1.54) is 37.7 Å². The number of aromatic nitrogens is 1. The molecule has 6 aromatic carbocycles. The van der Waals surface area contributed by atoms with Crippen molar-refractivity contribution in [2.24, 2.45) is 4.99 Å². The maximum atomic E-state index is 5.25. The minimum atomic E-state index is 0.0909. The lowest BCUT2D eigenvalue weighted by Gasteiger charge is -2.19. The Hall–Kier alpha value is -4.86. The maximum absolute atomic E-state index is 5.25. The van der Waals surface area contributed by atoms with Crippen LogP contribution >= 0.6 is 11.3 Å². The molecule has 0 aliphatic heterocycles. The first-order valence-corrected chi connectivity index (χ1v) is 15.5. The zero-order chi connectivity index (χ0) is 29.4. The molecule has 7 rings (SSSR count). The molecule has 2 nitrogen and oxygen atoms in total. The summed E-state index contributed by atoms with van der Waals surface area (Å²) in [6, 6.07) is 47.3. The SMILES string of the molecule is CC(C)(C)c1cccc(C=Nc2ccccc2-c2nc3c(-c4ccc(-c5ccccc5)c5ccccc45)cccc3s2)c1. The monoisotopic (exact) mass is 572 g/mol. The smallest absolute Gasteiger partial charge is 0.126 e. The number of hydrogen-bond donors (Lipinski definition) is 0. The van der Waals surface area contributed by atoms with E-state index in [2.05, 4.69) is 148 Å². The Morgan fingerprint density at radius 3 is 2.09 bits per heavy atom. The van der Waals surface area contributed by atoms with Gasteiger partial charge >= 0.3 is 0 Å². The van der Waals surface area contributed by atoms with Crippen molar-refractivity contribution in [2.45, 2.75) is 26.2 Å². The van der Waals surface area contributed by atoms with Crippen LogP contribution in [0, 0.1) is 0 Å². The molecule has 0 spiro atoms. The molecular formula is C40H32N2S. The molecule has 7 aromatic rings. The second-order valence-electron chi connectivity index (χ2n) is 11.9. The summed E-state index contributed by atoms with van der Waals surface area (Å²) in [5.74, 6) is 0. The van der Waals surface area contributed by atoms with Crippen molar-refractivity contribution in [2.75, 3.05) is 0 Å². The van der Waals surface area contributed by atoms with Gasteiger partial charge < -0.3 is 0 Å². The van der Waals surface area contributed by atoms with E-state index in [9.17, 15) is 0 Å². The second kappa shape index (κ2) is 11.1. The lowest BCUT2D eigenvalue weighted by molar-refractivity contribution is 0.590. The van der Waals surface area contributed by atoms with E-state index in [-0.39, 0.29) is 5.41 Å². The summed E-state index contributed by atoms with van der Waals surface area (Å²) in [4.78, 5) is 10.2. The van der Waals surface area contributed by atoms with Gasteiger partial charge in [-0.05, 0) is 68.3 Å². The summed E-state index contributed by atoms with van der Waals surface area (Å²) in [5, 5.41) is 3.45. The van der Waals surface area contributed by atoms with Crippen LogP contribution in [-0.4, -0.2) is 11.2 Å². The third-order valence-corrected chi connectivity index (χ3v) is 9.01. The lowest BCUT2D eigenvalue weighted by Crippen LogP contribution is -2.11. The highest BCUT2D eigenvalue weighted by Gasteiger charge is 2.17. The van der Waals surface area contributed by atoms with Gasteiger partial charge in [0.15, 0.2) is 0 Å². The highest BCUT2D eigenvalue weighted by molar-refractivity contribution is 7.21. The Balaban J connectivity index is 1.31. The second-order valence-corrected chi connectivity index (χ2v) is 12.9. The highest BCUT2D eigenvalue weighted by atomic mass is 32.1. The molecule has 0 saturated carbocycles. The summed E-state index contributed by atoms with van der Waals surface area (Å²) in [7, 11) is 0. The van der Waals surface area contributed by atoms with Crippen LogP contribution < -0.4 is 0 Å². The minimum absolute atomic E-state index is 0.0909. The Morgan fingerprint density at radius 2 is 1.28 bits per heavy atom. The van der Waals surface area contributed by atoms with Gasteiger partial charge in [0.1, 0.15) is 5.01 Å². The molecule has 1 aromatic heterocycles. The van der Waals surface area contributed by atoms with E-state index < -0.39 is 0 Å². The number of nitrogens with zero attached hydrogens (tertiary/aromatic N) is 2. The first kappa shape index (κ1) is 27.0. The quantitative estimate of drug-likeness (QED) is 0.188. The van der Waals surface area contributed by atoms with Crippen LogP contribution in [0.25, 0.3) is 53.8 Å².